The van der Waals surface area contributed by atoms with E-state index in [1.807, 2.05) is 65.0 Å². The molecule has 0 heterocycles. The molecule has 0 aliphatic rings. The maximum Gasteiger partial charge on any atom is 0.244 e. The number of hydrogen-bond acceptors (Lipinski definition) is 4. The van der Waals surface area contributed by atoms with Crippen molar-refractivity contribution in [3.8, 4) is 0 Å². The minimum absolute atomic E-state index is 0.0303. The molecule has 8 heteroatoms. The predicted molar refractivity (Wildman–Crippen MR) is 137 cm³/mol. The molecule has 0 saturated carbocycles. The summed E-state index contributed by atoms with van der Waals surface area (Å²) in [6, 6.07) is 14.0. The topological polar surface area (TPSA) is 86.8 Å². The second-order valence-corrected chi connectivity index (χ2v) is 10.8. The van der Waals surface area contributed by atoms with Crippen LogP contribution < -0.4 is 9.62 Å². The van der Waals surface area contributed by atoms with E-state index in [1.54, 1.807) is 18.2 Å². The Balaban J connectivity index is 2.44. The minimum atomic E-state index is -3.73. The van der Waals surface area contributed by atoms with Gasteiger partial charge in [-0.3, -0.25) is 13.9 Å². The number of carbonyl (C=O) groups is 2. The molecule has 2 amide bonds. The fourth-order valence-corrected chi connectivity index (χ4v) is 4.61. The van der Waals surface area contributed by atoms with Crippen LogP contribution in [0.5, 0.6) is 0 Å². The Hall–Kier alpha value is -2.87. The zero-order valence-corrected chi connectivity index (χ0v) is 21.9. The van der Waals surface area contributed by atoms with Crippen molar-refractivity contribution in [3.05, 3.63) is 65.2 Å². The van der Waals surface area contributed by atoms with Crippen LogP contribution in [0.2, 0.25) is 0 Å². The summed E-state index contributed by atoms with van der Waals surface area (Å²) in [6.07, 6.45) is 2.26. The number of carbonyl (C=O) groups excluding carboxylic acids is 2. The SMILES string of the molecule is CCC(C)NC(=O)C(CC)N(Cc1cccc(C)c1)C(=O)CN(c1cccc(C)c1)S(C)(=O)=O. The van der Waals surface area contributed by atoms with Gasteiger partial charge in [-0.1, -0.05) is 55.8 Å². The number of nitrogens with zero attached hydrogens (tertiary/aromatic N) is 2. The number of amides is 2. The van der Waals surface area contributed by atoms with E-state index >= 15 is 0 Å². The van der Waals surface area contributed by atoms with Crippen LogP contribution in [0.25, 0.3) is 0 Å². The van der Waals surface area contributed by atoms with Crippen LogP contribution >= 0.6 is 0 Å². The second-order valence-electron chi connectivity index (χ2n) is 8.86. The molecule has 0 bridgehead atoms. The van der Waals surface area contributed by atoms with Crippen molar-refractivity contribution in [3.63, 3.8) is 0 Å². The molecule has 0 saturated heterocycles. The number of hydrogen-bond donors (Lipinski definition) is 1. The molecule has 34 heavy (non-hydrogen) atoms. The molecule has 0 radical (unpaired) electrons. The number of anilines is 1. The average molecular weight is 488 g/mol. The Morgan fingerprint density at radius 2 is 1.59 bits per heavy atom. The van der Waals surface area contributed by atoms with Gasteiger partial charge in [-0.2, -0.15) is 0 Å². The summed E-state index contributed by atoms with van der Waals surface area (Å²) in [6.45, 7) is 9.40. The largest absolute Gasteiger partial charge is 0.352 e. The van der Waals surface area contributed by atoms with Crippen molar-refractivity contribution in [2.24, 2.45) is 0 Å². The van der Waals surface area contributed by atoms with Crippen LogP contribution in [0, 0.1) is 13.8 Å². The molecule has 0 spiro atoms. The van der Waals surface area contributed by atoms with E-state index in [0.29, 0.717) is 12.1 Å². The van der Waals surface area contributed by atoms with Gasteiger partial charge in [-0.15, -0.1) is 0 Å². The minimum Gasteiger partial charge on any atom is -0.352 e. The van der Waals surface area contributed by atoms with Crippen LogP contribution in [0.15, 0.2) is 48.5 Å². The Labute approximate surface area is 204 Å². The molecule has 0 fully saturated rings. The van der Waals surface area contributed by atoms with Crippen LogP contribution in [0.1, 0.15) is 50.3 Å². The van der Waals surface area contributed by atoms with Gasteiger partial charge in [0.2, 0.25) is 21.8 Å². The van der Waals surface area contributed by atoms with Crippen LogP contribution in [0.4, 0.5) is 5.69 Å². The number of sulfonamides is 1. The zero-order valence-electron chi connectivity index (χ0n) is 21.0. The van der Waals surface area contributed by atoms with Gasteiger partial charge in [0.05, 0.1) is 11.9 Å². The molecule has 186 valence electrons. The van der Waals surface area contributed by atoms with Gasteiger partial charge >= 0.3 is 0 Å². The van der Waals surface area contributed by atoms with E-state index in [0.717, 1.165) is 33.7 Å². The van der Waals surface area contributed by atoms with E-state index in [1.165, 1.54) is 4.90 Å². The number of aryl methyl sites for hydroxylation is 2. The highest BCUT2D eigenvalue weighted by Gasteiger charge is 2.32. The number of benzene rings is 2. The van der Waals surface area contributed by atoms with E-state index in [-0.39, 0.29) is 25.0 Å². The lowest BCUT2D eigenvalue weighted by atomic mass is 10.1. The van der Waals surface area contributed by atoms with Gasteiger partial charge in [0.15, 0.2) is 0 Å². The highest BCUT2D eigenvalue weighted by Crippen LogP contribution is 2.21. The molecular weight excluding hydrogens is 450 g/mol. The van der Waals surface area contributed by atoms with Gasteiger partial charge in [-0.25, -0.2) is 8.42 Å². The van der Waals surface area contributed by atoms with E-state index in [4.69, 9.17) is 0 Å². The Kier molecular flexibility index (Phi) is 9.67. The van der Waals surface area contributed by atoms with Gasteiger partial charge in [0.25, 0.3) is 0 Å². The smallest absolute Gasteiger partial charge is 0.244 e. The van der Waals surface area contributed by atoms with Crippen LogP contribution in [-0.2, 0) is 26.2 Å². The van der Waals surface area contributed by atoms with Gasteiger partial charge in [0, 0.05) is 12.6 Å². The van der Waals surface area contributed by atoms with E-state index in [9.17, 15) is 18.0 Å². The zero-order chi connectivity index (χ0) is 25.5. The molecule has 2 rings (SSSR count). The fraction of sp³-hybridized carbons (Fsp3) is 0.462. The van der Waals surface area contributed by atoms with Crippen molar-refractivity contribution >= 4 is 27.5 Å². The maximum atomic E-state index is 13.6. The number of rotatable bonds is 11. The first-order valence-electron chi connectivity index (χ1n) is 11.7. The van der Waals surface area contributed by atoms with Crippen molar-refractivity contribution in [2.75, 3.05) is 17.1 Å². The van der Waals surface area contributed by atoms with Crippen molar-refractivity contribution < 1.29 is 18.0 Å². The first kappa shape index (κ1) is 27.4. The standard InChI is InChI=1S/C26H37N3O4S/c1-7-21(5)27-26(31)24(8-2)28(17-22-13-9-11-19(3)15-22)25(30)18-29(34(6,32)33)23-14-10-12-20(4)16-23/h9-16,21,24H,7-8,17-18H2,1-6H3,(H,27,31). The van der Waals surface area contributed by atoms with Gasteiger partial charge < -0.3 is 10.2 Å². The summed E-state index contributed by atoms with van der Waals surface area (Å²) in [7, 11) is -3.73. The fourth-order valence-electron chi connectivity index (χ4n) is 3.76. The lowest BCUT2D eigenvalue weighted by Gasteiger charge is -2.33. The summed E-state index contributed by atoms with van der Waals surface area (Å²) in [4.78, 5) is 28.3. The van der Waals surface area contributed by atoms with Crippen molar-refractivity contribution in [1.29, 1.82) is 0 Å². The lowest BCUT2D eigenvalue weighted by Crippen LogP contribution is -2.53. The summed E-state index contributed by atoms with van der Waals surface area (Å²) in [5.41, 5.74) is 3.22. The Morgan fingerprint density at radius 1 is 0.971 bits per heavy atom. The molecular formula is C26H37N3O4S. The highest BCUT2D eigenvalue weighted by molar-refractivity contribution is 7.92. The molecule has 2 atom stereocenters. The molecule has 1 N–H and O–H groups in total. The third-order valence-electron chi connectivity index (χ3n) is 5.79. The molecule has 0 aliphatic heterocycles. The number of nitrogens with one attached hydrogen (secondary N) is 1. The molecule has 2 aromatic rings. The quantitative estimate of drug-likeness (QED) is 0.522. The maximum absolute atomic E-state index is 13.6. The molecule has 2 aromatic carbocycles. The van der Waals surface area contributed by atoms with Gasteiger partial charge in [0.1, 0.15) is 12.6 Å². The van der Waals surface area contributed by atoms with Crippen molar-refractivity contribution in [2.45, 2.75) is 66.1 Å². The third-order valence-corrected chi connectivity index (χ3v) is 6.93. The monoisotopic (exact) mass is 487 g/mol. The predicted octanol–water partition coefficient (Wildman–Crippen LogP) is 3.79. The summed E-state index contributed by atoms with van der Waals surface area (Å²) >= 11 is 0. The van der Waals surface area contributed by atoms with Crippen LogP contribution in [-0.4, -0.2) is 50.0 Å². The van der Waals surface area contributed by atoms with Crippen LogP contribution in [0.3, 0.4) is 0 Å². The Bertz CT molecular complexity index is 1100. The lowest BCUT2D eigenvalue weighted by molar-refractivity contribution is -0.140. The summed E-state index contributed by atoms with van der Waals surface area (Å²) in [5.74, 6) is -0.668. The van der Waals surface area contributed by atoms with E-state index in [2.05, 4.69) is 5.32 Å². The summed E-state index contributed by atoms with van der Waals surface area (Å²) < 4.78 is 26.4. The highest BCUT2D eigenvalue weighted by atomic mass is 32.2. The van der Waals surface area contributed by atoms with E-state index < -0.39 is 22.0 Å². The normalized spacial score (nSPS) is 13.1. The molecule has 0 aliphatic carbocycles. The third kappa shape index (κ3) is 7.58. The average Bonchev–Trinajstić information content (AvgIpc) is 2.76. The first-order valence-corrected chi connectivity index (χ1v) is 13.5. The Morgan fingerprint density at radius 3 is 2.12 bits per heavy atom. The summed E-state index contributed by atoms with van der Waals surface area (Å²) in [5, 5.41) is 2.97. The molecule has 0 aromatic heterocycles. The molecule has 2 unspecified atom stereocenters. The first-order chi connectivity index (χ1) is 16.0. The van der Waals surface area contributed by atoms with Gasteiger partial charge in [-0.05, 0) is 56.9 Å². The molecule has 7 nitrogen and oxygen atoms in total. The second kappa shape index (κ2) is 12.0. The van der Waals surface area contributed by atoms with Crippen molar-refractivity contribution in [1.82, 2.24) is 10.2 Å².